The standard InChI is InChI=1S/C16H10Br2O2/c17-9-13-15(19)12-3-1-2-4-14(12)20-16(13)10-5-7-11(18)8-6-10/h1-8H,9H2. The molecule has 4 heteroatoms. The maximum atomic E-state index is 12.5. The van der Waals surface area contributed by atoms with Crippen molar-refractivity contribution in [3.63, 3.8) is 0 Å². The van der Waals surface area contributed by atoms with Gasteiger partial charge in [-0.15, -0.1) is 0 Å². The van der Waals surface area contributed by atoms with Crippen LogP contribution in [-0.2, 0) is 5.33 Å². The monoisotopic (exact) mass is 392 g/mol. The summed E-state index contributed by atoms with van der Waals surface area (Å²) in [5.41, 5.74) is 2.17. The van der Waals surface area contributed by atoms with Gasteiger partial charge in [-0.1, -0.05) is 56.1 Å². The summed E-state index contributed by atoms with van der Waals surface area (Å²) in [6.07, 6.45) is 0. The molecule has 0 atom stereocenters. The van der Waals surface area contributed by atoms with Crippen LogP contribution in [0.2, 0.25) is 0 Å². The van der Waals surface area contributed by atoms with Crippen molar-refractivity contribution in [3.8, 4) is 11.3 Å². The molecule has 0 amide bonds. The smallest absolute Gasteiger partial charge is 0.197 e. The number of fused-ring (bicyclic) bond motifs is 1. The third-order valence-corrected chi connectivity index (χ3v) is 4.22. The van der Waals surface area contributed by atoms with E-state index in [0.717, 1.165) is 10.0 Å². The summed E-state index contributed by atoms with van der Waals surface area (Å²) in [4.78, 5) is 12.5. The van der Waals surface area contributed by atoms with Crippen molar-refractivity contribution in [2.45, 2.75) is 5.33 Å². The van der Waals surface area contributed by atoms with E-state index in [1.807, 2.05) is 42.5 Å². The largest absolute Gasteiger partial charge is 0.455 e. The predicted molar refractivity (Wildman–Crippen MR) is 88.3 cm³/mol. The van der Waals surface area contributed by atoms with Crippen LogP contribution in [0.25, 0.3) is 22.3 Å². The average Bonchev–Trinajstić information content (AvgIpc) is 2.48. The van der Waals surface area contributed by atoms with Crippen LogP contribution in [0.1, 0.15) is 5.56 Å². The second kappa shape index (κ2) is 5.54. The van der Waals surface area contributed by atoms with E-state index < -0.39 is 0 Å². The molecule has 0 aliphatic heterocycles. The Morgan fingerprint density at radius 1 is 1.00 bits per heavy atom. The lowest BCUT2D eigenvalue weighted by molar-refractivity contribution is 0.613. The molecule has 3 rings (SSSR count). The molecular formula is C16H10Br2O2. The van der Waals surface area contributed by atoms with Crippen molar-refractivity contribution < 1.29 is 4.42 Å². The van der Waals surface area contributed by atoms with Gasteiger partial charge in [0.2, 0.25) is 0 Å². The quantitative estimate of drug-likeness (QED) is 0.565. The maximum absolute atomic E-state index is 12.5. The fourth-order valence-corrected chi connectivity index (χ4v) is 2.91. The van der Waals surface area contributed by atoms with Crippen molar-refractivity contribution in [1.29, 1.82) is 0 Å². The highest BCUT2D eigenvalue weighted by atomic mass is 79.9. The Hall–Kier alpha value is -1.39. The first-order valence-corrected chi connectivity index (χ1v) is 7.99. The van der Waals surface area contributed by atoms with Crippen molar-refractivity contribution in [3.05, 3.63) is 68.8 Å². The van der Waals surface area contributed by atoms with Gasteiger partial charge in [-0.25, -0.2) is 0 Å². The zero-order chi connectivity index (χ0) is 14.1. The fraction of sp³-hybridized carbons (Fsp3) is 0.0625. The van der Waals surface area contributed by atoms with Crippen LogP contribution in [0.15, 0.2) is 62.2 Å². The molecule has 0 bridgehead atoms. The molecule has 0 radical (unpaired) electrons. The molecule has 20 heavy (non-hydrogen) atoms. The Kier molecular flexibility index (Phi) is 3.76. The van der Waals surface area contributed by atoms with Gasteiger partial charge < -0.3 is 4.42 Å². The molecule has 0 aliphatic carbocycles. The van der Waals surface area contributed by atoms with Crippen molar-refractivity contribution in [1.82, 2.24) is 0 Å². The molecule has 1 heterocycles. The molecule has 1 aromatic heterocycles. The molecule has 2 nitrogen and oxygen atoms in total. The van der Waals surface area contributed by atoms with Crippen molar-refractivity contribution in [2.24, 2.45) is 0 Å². The summed E-state index contributed by atoms with van der Waals surface area (Å²) in [6.45, 7) is 0. The molecule has 3 aromatic rings. The summed E-state index contributed by atoms with van der Waals surface area (Å²) in [5.74, 6) is 0.623. The molecule has 0 fully saturated rings. The molecule has 100 valence electrons. The topological polar surface area (TPSA) is 30.2 Å². The van der Waals surface area contributed by atoms with E-state index >= 15 is 0 Å². The van der Waals surface area contributed by atoms with Crippen molar-refractivity contribution in [2.75, 3.05) is 0 Å². The van der Waals surface area contributed by atoms with Gasteiger partial charge in [0.25, 0.3) is 0 Å². The Bertz CT molecular complexity index is 820. The molecule has 0 unspecified atom stereocenters. The van der Waals surface area contributed by atoms with E-state index in [1.54, 1.807) is 6.07 Å². The van der Waals surface area contributed by atoms with E-state index in [2.05, 4.69) is 31.9 Å². The Morgan fingerprint density at radius 2 is 1.70 bits per heavy atom. The number of hydrogen-bond acceptors (Lipinski definition) is 2. The molecule has 0 saturated heterocycles. The maximum Gasteiger partial charge on any atom is 0.197 e. The zero-order valence-electron chi connectivity index (χ0n) is 10.4. The minimum absolute atomic E-state index is 0.0154. The van der Waals surface area contributed by atoms with Gasteiger partial charge in [-0.3, -0.25) is 4.79 Å². The van der Waals surface area contributed by atoms with Crippen LogP contribution in [0, 0.1) is 0 Å². The summed E-state index contributed by atoms with van der Waals surface area (Å²) in [7, 11) is 0. The zero-order valence-corrected chi connectivity index (χ0v) is 13.6. The lowest BCUT2D eigenvalue weighted by Crippen LogP contribution is -2.09. The third kappa shape index (κ3) is 2.34. The number of para-hydroxylation sites is 1. The minimum Gasteiger partial charge on any atom is -0.455 e. The molecule has 2 aromatic carbocycles. The minimum atomic E-state index is 0.0154. The summed E-state index contributed by atoms with van der Waals surface area (Å²) >= 11 is 6.79. The van der Waals surface area contributed by atoms with E-state index in [0.29, 0.717) is 27.6 Å². The number of benzene rings is 2. The van der Waals surface area contributed by atoms with Gasteiger partial charge >= 0.3 is 0 Å². The van der Waals surface area contributed by atoms with Gasteiger partial charge in [-0.05, 0) is 24.3 Å². The SMILES string of the molecule is O=c1c(CBr)c(-c2ccc(Br)cc2)oc2ccccc12. The van der Waals surface area contributed by atoms with Crippen LogP contribution in [0.5, 0.6) is 0 Å². The van der Waals surface area contributed by atoms with Gasteiger partial charge in [0.15, 0.2) is 5.43 Å². The second-order valence-electron chi connectivity index (χ2n) is 4.38. The Morgan fingerprint density at radius 3 is 2.40 bits per heavy atom. The first-order valence-electron chi connectivity index (χ1n) is 6.07. The fourth-order valence-electron chi connectivity index (χ4n) is 2.14. The van der Waals surface area contributed by atoms with Crippen LogP contribution >= 0.6 is 31.9 Å². The number of halogens is 2. The Labute approximate surface area is 132 Å². The predicted octanol–water partition coefficient (Wildman–Crippen LogP) is 5.12. The number of rotatable bonds is 2. The summed E-state index contributed by atoms with van der Waals surface area (Å²) in [6, 6.07) is 15.1. The molecule has 0 N–H and O–H groups in total. The molecular weight excluding hydrogens is 384 g/mol. The number of alkyl halides is 1. The van der Waals surface area contributed by atoms with E-state index in [1.165, 1.54) is 0 Å². The van der Waals surface area contributed by atoms with Crippen LogP contribution in [0.4, 0.5) is 0 Å². The summed E-state index contributed by atoms with van der Waals surface area (Å²) in [5, 5.41) is 1.08. The Balaban J connectivity index is 2.34. The lowest BCUT2D eigenvalue weighted by Gasteiger charge is -2.08. The molecule has 0 spiro atoms. The van der Waals surface area contributed by atoms with E-state index in [-0.39, 0.29) is 5.43 Å². The lowest BCUT2D eigenvalue weighted by atomic mass is 10.1. The average molecular weight is 394 g/mol. The van der Waals surface area contributed by atoms with E-state index in [9.17, 15) is 4.79 Å². The van der Waals surface area contributed by atoms with Crippen molar-refractivity contribution >= 4 is 42.8 Å². The highest BCUT2D eigenvalue weighted by Crippen LogP contribution is 2.28. The van der Waals surface area contributed by atoms with Crippen LogP contribution < -0.4 is 5.43 Å². The first-order chi connectivity index (χ1) is 9.70. The first kappa shape index (κ1) is 13.6. The molecule has 0 saturated carbocycles. The highest BCUT2D eigenvalue weighted by molar-refractivity contribution is 9.10. The van der Waals surface area contributed by atoms with Crippen LogP contribution in [0.3, 0.4) is 0 Å². The van der Waals surface area contributed by atoms with Gasteiger partial charge in [0, 0.05) is 15.4 Å². The highest BCUT2D eigenvalue weighted by Gasteiger charge is 2.14. The number of hydrogen-bond donors (Lipinski definition) is 0. The molecule has 0 aliphatic rings. The van der Waals surface area contributed by atoms with Gasteiger partial charge in [0.1, 0.15) is 11.3 Å². The van der Waals surface area contributed by atoms with Crippen LogP contribution in [-0.4, -0.2) is 0 Å². The third-order valence-electron chi connectivity index (χ3n) is 3.13. The second-order valence-corrected chi connectivity index (χ2v) is 5.85. The summed E-state index contributed by atoms with van der Waals surface area (Å²) < 4.78 is 6.94. The van der Waals surface area contributed by atoms with Gasteiger partial charge in [-0.2, -0.15) is 0 Å². The normalized spacial score (nSPS) is 10.9. The van der Waals surface area contributed by atoms with E-state index in [4.69, 9.17) is 4.42 Å². The van der Waals surface area contributed by atoms with Gasteiger partial charge in [0.05, 0.1) is 10.9 Å².